The summed E-state index contributed by atoms with van der Waals surface area (Å²) in [5, 5.41) is 3.01. The lowest BCUT2D eigenvalue weighted by Crippen LogP contribution is -2.53. The van der Waals surface area contributed by atoms with Crippen LogP contribution in [0.1, 0.15) is 20.3 Å². The van der Waals surface area contributed by atoms with Crippen LogP contribution >= 0.6 is 23.2 Å². The number of hydrogen-bond acceptors (Lipinski definition) is 3. The molecule has 0 saturated carbocycles. The first-order chi connectivity index (χ1) is 12.7. The quantitative estimate of drug-likeness (QED) is 0.796. The van der Waals surface area contributed by atoms with E-state index in [1.165, 1.54) is 23.1 Å². The van der Waals surface area contributed by atoms with E-state index < -0.39 is 11.4 Å². The molecular formula is C19H17Cl2FN2O3. The Balaban J connectivity index is 1.74. The molecule has 142 valence electrons. The van der Waals surface area contributed by atoms with Crippen molar-refractivity contribution in [2.45, 2.75) is 25.9 Å². The molecule has 0 unspecified atom stereocenters. The Labute approximate surface area is 166 Å². The summed E-state index contributed by atoms with van der Waals surface area (Å²) >= 11 is 11.8. The molecule has 2 aromatic carbocycles. The molecule has 2 aromatic rings. The van der Waals surface area contributed by atoms with E-state index in [0.717, 1.165) is 0 Å². The molecule has 3 rings (SSSR count). The lowest BCUT2D eigenvalue weighted by molar-refractivity contribution is -0.132. The highest BCUT2D eigenvalue weighted by Crippen LogP contribution is 2.39. The summed E-state index contributed by atoms with van der Waals surface area (Å²) in [6.07, 6.45) is 0.0305. The molecule has 0 radical (unpaired) electrons. The predicted octanol–water partition coefficient (Wildman–Crippen LogP) is 4.67. The number of rotatable bonds is 4. The number of carbonyl (C=O) groups excluding carboxylic acids is 2. The van der Waals surface area contributed by atoms with Crippen LogP contribution in [0.2, 0.25) is 10.0 Å². The summed E-state index contributed by atoms with van der Waals surface area (Å²) in [6, 6.07) is 8.91. The summed E-state index contributed by atoms with van der Waals surface area (Å²) in [7, 11) is 0. The summed E-state index contributed by atoms with van der Waals surface area (Å²) in [6.45, 7) is 3.47. The van der Waals surface area contributed by atoms with Gasteiger partial charge in [-0.1, -0.05) is 23.2 Å². The molecule has 0 atom stereocenters. The topological polar surface area (TPSA) is 58.6 Å². The first-order valence-corrected chi connectivity index (χ1v) is 8.98. The van der Waals surface area contributed by atoms with Crippen LogP contribution in [-0.2, 0) is 9.59 Å². The van der Waals surface area contributed by atoms with Crippen molar-refractivity contribution in [2.75, 3.05) is 16.8 Å². The minimum atomic E-state index is -1.05. The molecule has 0 fully saturated rings. The summed E-state index contributed by atoms with van der Waals surface area (Å²) in [5.41, 5.74) is -0.158. The maximum absolute atomic E-state index is 13.2. The summed E-state index contributed by atoms with van der Waals surface area (Å²) < 4.78 is 18.9. The average Bonchev–Trinajstić information content (AvgIpc) is 2.59. The zero-order valence-electron chi connectivity index (χ0n) is 14.7. The van der Waals surface area contributed by atoms with Crippen LogP contribution in [0.4, 0.5) is 15.8 Å². The maximum atomic E-state index is 13.2. The van der Waals surface area contributed by atoms with Crippen LogP contribution in [0.25, 0.3) is 0 Å². The first-order valence-electron chi connectivity index (χ1n) is 8.23. The van der Waals surface area contributed by atoms with E-state index in [1.54, 1.807) is 32.0 Å². The molecule has 1 heterocycles. The van der Waals surface area contributed by atoms with Crippen LogP contribution in [0.15, 0.2) is 36.4 Å². The van der Waals surface area contributed by atoms with Crippen molar-refractivity contribution in [3.8, 4) is 5.75 Å². The SMILES string of the molecule is CC1(C)Oc2ccc(Cl)cc2N(CCC(=O)Nc2ccc(F)c(Cl)c2)C1=O. The Bertz CT molecular complexity index is 918. The number of hydrogen-bond donors (Lipinski definition) is 1. The smallest absolute Gasteiger partial charge is 0.270 e. The Morgan fingerprint density at radius 1 is 1.22 bits per heavy atom. The molecule has 0 bridgehead atoms. The molecule has 0 aliphatic carbocycles. The predicted molar refractivity (Wildman–Crippen MR) is 103 cm³/mol. The van der Waals surface area contributed by atoms with E-state index in [4.69, 9.17) is 27.9 Å². The van der Waals surface area contributed by atoms with E-state index in [0.29, 0.717) is 22.1 Å². The standard InChI is InChI=1S/C19H17Cl2FN2O3/c1-19(2)18(26)24(15-9-11(20)3-6-16(15)27-19)8-7-17(25)23-12-4-5-14(22)13(21)10-12/h3-6,9-10H,7-8H2,1-2H3,(H,23,25). The Kier molecular flexibility index (Phi) is 5.31. The number of anilines is 2. The molecule has 8 heteroatoms. The number of nitrogens with zero attached hydrogens (tertiary/aromatic N) is 1. The Morgan fingerprint density at radius 2 is 1.96 bits per heavy atom. The number of halogens is 3. The van der Waals surface area contributed by atoms with Crippen LogP contribution in [0.3, 0.4) is 0 Å². The second kappa shape index (κ2) is 7.37. The van der Waals surface area contributed by atoms with Crippen molar-refractivity contribution < 1.29 is 18.7 Å². The van der Waals surface area contributed by atoms with Gasteiger partial charge in [-0.3, -0.25) is 9.59 Å². The van der Waals surface area contributed by atoms with Crippen molar-refractivity contribution in [3.63, 3.8) is 0 Å². The van der Waals surface area contributed by atoms with Gasteiger partial charge in [0.1, 0.15) is 11.6 Å². The number of nitrogens with one attached hydrogen (secondary N) is 1. The number of carbonyl (C=O) groups is 2. The highest BCUT2D eigenvalue weighted by atomic mass is 35.5. The van der Waals surface area contributed by atoms with Crippen molar-refractivity contribution in [2.24, 2.45) is 0 Å². The van der Waals surface area contributed by atoms with E-state index in [2.05, 4.69) is 5.32 Å². The van der Waals surface area contributed by atoms with Gasteiger partial charge < -0.3 is 15.0 Å². The molecule has 0 spiro atoms. The van der Waals surface area contributed by atoms with Crippen molar-refractivity contribution in [1.29, 1.82) is 0 Å². The zero-order chi connectivity index (χ0) is 19.8. The number of benzene rings is 2. The van der Waals surface area contributed by atoms with Crippen molar-refractivity contribution in [3.05, 3.63) is 52.3 Å². The second-order valence-electron chi connectivity index (χ2n) is 6.61. The first kappa shape index (κ1) is 19.5. The number of amides is 2. The molecule has 1 aliphatic rings. The second-order valence-corrected chi connectivity index (χ2v) is 7.45. The van der Waals surface area contributed by atoms with Gasteiger partial charge in [-0.15, -0.1) is 0 Å². The van der Waals surface area contributed by atoms with Crippen LogP contribution in [0, 0.1) is 5.82 Å². The van der Waals surface area contributed by atoms with Gasteiger partial charge in [0.05, 0.1) is 10.7 Å². The van der Waals surface area contributed by atoms with E-state index in [1.807, 2.05) is 0 Å². The molecule has 0 saturated heterocycles. The number of fused-ring (bicyclic) bond motifs is 1. The normalized spacial score (nSPS) is 15.1. The van der Waals surface area contributed by atoms with Gasteiger partial charge in [0.25, 0.3) is 5.91 Å². The van der Waals surface area contributed by atoms with Crippen LogP contribution in [0.5, 0.6) is 5.75 Å². The molecule has 27 heavy (non-hydrogen) atoms. The third-order valence-corrected chi connectivity index (χ3v) is 4.63. The molecular weight excluding hydrogens is 394 g/mol. The van der Waals surface area contributed by atoms with E-state index >= 15 is 0 Å². The van der Waals surface area contributed by atoms with Crippen molar-refractivity contribution >= 4 is 46.4 Å². The molecule has 5 nitrogen and oxygen atoms in total. The molecule has 1 aliphatic heterocycles. The van der Waals surface area contributed by atoms with Gasteiger partial charge in [0.2, 0.25) is 5.91 Å². The monoisotopic (exact) mass is 410 g/mol. The highest BCUT2D eigenvalue weighted by Gasteiger charge is 2.40. The van der Waals surface area contributed by atoms with Crippen LogP contribution in [-0.4, -0.2) is 24.0 Å². The van der Waals surface area contributed by atoms with Gasteiger partial charge >= 0.3 is 0 Å². The lowest BCUT2D eigenvalue weighted by atomic mass is 10.0. The minimum Gasteiger partial charge on any atom is -0.476 e. The van der Waals surface area contributed by atoms with Crippen LogP contribution < -0.4 is 15.0 Å². The van der Waals surface area contributed by atoms with Gasteiger partial charge in [-0.05, 0) is 50.2 Å². The highest BCUT2D eigenvalue weighted by molar-refractivity contribution is 6.31. The largest absolute Gasteiger partial charge is 0.476 e. The maximum Gasteiger partial charge on any atom is 0.270 e. The molecule has 1 N–H and O–H groups in total. The van der Waals surface area contributed by atoms with Gasteiger partial charge in [0, 0.05) is 23.7 Å². The van der Waals surface area contributed by atoms with E-state index in [-0.39, 0.29) is 29.8 Å². The van der Waals surface area contributed by atoms with Crippen molar-refractivity contribution in [1.82, 2.24) is 0 Å². The Hall–Kier alpha value is -2.31. The average molecular weight is 411 g/mol. The number of ether oxygens (including phenoxy) is 1. The third-order valence-electron chi connectivity index (χ3n) is 4.10. The van der Waals surface area contributed by atoms with Gasteiger partial charge in [-0.2, -0.15) is 0 Å². The fraction of sp³-hybridized carbons (Fsp3) is 0.263. The molecule has 2 amide bonds. The fourth-order valence-electron chi connectivity index (χ4n) is 2.77. The zero-order valence-corrected chi connectivity index (χ0v) is 16.2. The summed E-state index contributed by atoms with van der Waals surface area (Å²) in [5.74, 6) is -0.646. The molecule has 0 aromatic heterocycles. The van der Waals surface area contributed by atoms with Gasteiger partial charge in [-0.25, -0.2) is 4.39 Å². The minimum absolute atomic E-state index is 0.0305. The lowest BCUT2D eigenvalue weighted by Gasteiger charge is -2.38. The van der Waals surface area contributed by atoms with E-state index in [9.17, 15) is 14.0 Å². The summed E-state index contributed by atoms with van der Waals surface area (Å²) in [4.78, 5) is 26.5. The van der Waals surface area contributed by atoms with Gasteiger partial charge in [0.15, 0.2) is 5.60 Å². The fourth-order valence-corrected chi connectivity index (χ4v) is 3.12. The third kappa shape index (κ3) is 4.17. The Morgan fingerprint density at radius 3 is 2.67 bits per heavy atom.